The van der Waals surface area contributed by atoms with Crippen molar-refractivity contribution in [3.63, 3.8) is 0 Å². The van der Waals surface area contributed by atoms with Crippen molar-refractivity contribution in [3.05, 3.63) is 0 Å². The van der Waals surface area contributed by atoms with E-state index in [1.54, 1.807) is 0 Å². The van der Waals surface area contributed by atoms with Crippen molar-refractivity contribution in [1.82, 2.24) is 0 Å². The number of fused-ring (bicyclic) bond motifs is 3. The van der Waals surface area contributed by atoms with Gasteiger partial charge in [0.05, 0.1) is 6.61 Å². The summed E-state index contributed by atoms with van der Waals surface area (Å²) in [4.78, 5) is 0. The van der Waals surface area contributed by atoms with Crippen LogP contribution in [0.4, 0.5) is 0 Å². The van der Waals surface area contributed by atoms with Crippen LogP contribution in [0, 0.1) is 12.3 Å². The highest BCUT2D eigenvalue weighted by Crippen LogP contribution is 2.44. The molecule has 0 aromatic rings. The Morgan fingerprint density at radius 1 is 0.952 bits per heavy atom. The van der Waals surface area contributed by atoms with E-state index in [0.717, 1.165) is 0 Å². The maximum atomic E-state index is 5.99. The van der Waals surface area contributed by atoms with Crippen LogP contribution in [0.1, 0.15) is 27.7 Å². The summed E-state index contributed by atoms with van der Waals surface area (Å²) >= 11 is 0. The van der Waals surface area contributed by atoms with Gasteiger partial charge in [-0.25, -0.2) is 0 Å². The topological polar surface area (TPSA) is 55.4 Å². The fourth-order valence-corrected chi connectivity index (χ4v) is 3.06. The van der Waals surface area contributed by atoms with Gasteiger partial charge >= 0.3 is 0 Å². The van der Waals surface area contributed by atoms with Crippen LogP contribution < -0.4 is 0 Å². The Balaban J connectivity index is 1.77. The first-order valence-electron chi connectivity index (χ1n) is 7.19. The van der Waals surface area contributed by atoms with Gasteiger partial charge in [0.25, 0.3) is 0 Å². The predicted molar refractivity (Wildman–Crippen MR) is 72.2 cm³/mol. The van der Waals surface area contributed by atoms with Crippen LogP contribution in [0.2, 0.25) is 0 Å². The average Bonchev–Trinajstić information content (AvgIpc) is 2.84. The molecule has 0 aromatic carbocycles. The van der Waals surface area contributed by atoms with E-state index in [9.17, 15) is 0 Å². The Hall–Kier alpha value is -0.680. The smallest absolute Gasteiger partial charge is 0.190 e. The minimum absolute atomic E-state index is 0.235. The van der Waals surface area contributed by atoms with Gasteiger partial charge in [-0.3, -0.25) is 0 Å². The minimum atomic E-state index is -0.704. The fraction of sp³-hybridized carbons (Fsp3) is 0.867. The highest BCUT2D eigenvalue weighted by Gasteiger charge is 2.60. The molecule has 0 N–H and O–H groups in total. The lowest BCUT2D eigenvalue weighted by atomic mass is 9.99. The molecular weight excluding hydrogens is 276 g/mol. The van der Waals surface area contributed by atoms with Gasteiger partial charge in [-0.15, -0.1) is 6.42 Å². The zero-order valence-corrected chi connectivity index (χ0v) is 12.8. The molecule has 3 aliphatic heterocycles. The van der Waals surface area contributed by atoms with Gasteiger partial charge in [0.1, 0.15) is 31.0 Å². The molecule has 0 aromatic heterocycles. The fourth-order valence-electron chi connectivity index (χ4n) is 3.06. The van der Waals surface area contributed by atoms with Crippen molar-refractivity contribution in [2.75, 3.05) is 13.2 Å². The molecule has 3 heterocycles. The second-order valence-corrected chi connectivity index (χ2v) is 6.43. The first-order valence-corrected chi connectivity index (χ1v) is 7.19. The van der Waals surface area contributed by atoms with E-state index >= 15 is 0 Å². The molecule has 0 aliphatic carbocycles. The Morgan fingerprint density at radius 3 is 2.29 bits per heavy atom. The molecule has 0 bridgehead atoms. The highest BCUT2D eigenvalue weighted by molar-refractivity contribution is 5.00. The summed E-state index contributed by atoms with van der Waals surface area (Å²) in [7, 11) is 0. The van der Waals surface area contributed by atoms with Crippen LogP contribution in [0.3, 0.4) is 0 Å². The molecule has 0 saturated carbocycles. The van der Waals surface area contributed by atoms with E-state index in [-0.39, 0.29) is 31.0 Å². The second kappa shape index (κ2) is 5.20. The molecular formula is C15H22O6. The molecule has 3 rings (SSSR count). The van der Waals surface area contributed by atoms with E-state index in [4.69, 9.17) is 34.8 Å². The standard InChI is InChI=1S/C15H22O6/c1-6-7-16-8-9-10-11(19-14(2,3)18-10)12-13(17-9)21-15(4,5)20-12/h1,9-13H,7-8H2,2-5H3/t9-,10+,11?,12-,13?/m1/s1. The van der Waals surface area contributed by atoms with Crippen LogP contribution in [0.5, 0.6) is 0 Å². The molecule has 6 heteroatoms. The van der Waals surface area contributed by atoms with Crippen LogP contribution in [0.25, 0.3) is 0 Å². The number of hydrogen-bond acceptors (Lipinski definition) is 6. The molecule has 0 radical (unpaired) electrons. The molecule has 5 atom stereocenters. The summed E-state index contributed by atoms with van der Waals surface area (Å²) < 4.78 is 35.0. The van der Waals surface area contributed by atoms with Crippen molar-refractivity contribution in [2.24, 2.45) is 0 Å². The summed E-state index contributed by atoms with van der Waals surface area (Å²) in [5.41, 5.74) is 0. The average molecular weight is 298 g/mol. The first kappa shape index (κ1) is 15.2. The van der Waals surface area contributed by atoms with E-state index < -0.39 is 17.9 Å². The van der Waals surface area contributed by atoms with Crippen LogP contribution in [-0.4, -0.2) is 55.5 Å². The van der Waals surface area contributed by atoms with Crippen molar-refractivity contribution in [1.29, 1.82) is 0 Å². The molecule has 21 heavy (non-hydrogen) atoms. The van der Waals surface area contributed by atoms with Crippen LogP contribution in [-0.2, 0) is 28.4 Å². The Kier molecular flexibility index (Phi) is 3.77. The number of ether oxygens (including phenoxy) is 6. The maximum absolute atomic E-state index is 5.99. The molecule has 3 aliphatic rings. The van der Waals surface area contributed by atoms with Gasteiger partial charge in [0, 0.05) is 0 Å². The zero-order chi connectivity index (χ0) is 15.3. The molecule has 2 unspecified atom stereocenters. The number of rotatable bonds is 3. The summed E-state index contributed by atoms with van der Waals surface area (Å²) in [6, 6.07) is 0. The molecule has 0 spiro atoms. The largest absolute Gasteiger partial charge is 0.366 e. The van der Waals surface area contributed by atoms with Crippen LogP contribution in [0.15, 0.2) is 0 Å². The van der Waals surface area contributed by atoms with Crippen molar-refractivity contribution < 1.29 is 28.4 Å². The van der Waals surface area contributed by atoms with Gasteiger partial charge in [0.15, 0.2) is 17.9 Å². The van der Waals surface area contributed by atoms with E-state index in [0.29, 0.717) is 6.61 Å². The summed E-state index contributed by atoms with van der Waals surface area (Å²) in [5.74, 6) is 1.05. The van der Waals surface area contributed by atoms with Gasteiger partial charge < -0.3 is 28.4 Å². The van der Waals surface area contributed by atoms with E-state index in [1.807, 2.05) is 27.7 Å². The van der Waals surface area contributed by atoms with Crippen molar-refractivity contribution in [2.45, 2.75) is 70.0 Å². The molecule has 3 saturated heterocycles. The lowest BCUT2D eigenvalue weighted by molar-refractivity contribution is -0.242. The quantitative estimate of drug-likeness (QED) is 0.573. The first-order chi connectivity index (χ1) is 9.81. The van der Waals surface area contributed by atoms with Crippen molar-refractivity contribution >= 4 is 0 Å². The predicted octanol–water partition coefficient (Wildman–Crippen LogP) is 1.03. The molecule has 6 nitrogen and oxygen atoms in total. The Labute approximate surface area is 125 Å². The van der Waals surface area contributed by atoms with E-state index in [2.05, 4.69) is 5.92 Å². The third-order valence-corrected chi connectivity index (χ3v) is 3.72. The third-order valence-electron chi connectivity index (χ3n) is 3.72. The SMILES string of the molecule is C#CCOC[C@H]1OC2OC(C)(C)O[C@@H]2C2OC(C)(C)O[C@H]21. The second-order valence-electron chi connectivity index (χ2n) is 6.43. The lowest BCUT2D eigenvalue weighted by Gasteiger charge is -2.37. The van der Waals surface area contributed by atoms with Crippen molar-refractivity contribution in [3.8, 4) is 12.3 Å². The van der Waals surface area contributed by atoms with E-state index in [1.165, 1.54) is 0 Å². The monoisotopic (exact) mass is 298 g/mol. The maximum Gasteiger partial charge on any atom is 0.190 e. The number of hydrogen-bond donors (Lipinski definition) is 0. The Morgan fingerprint density at radius 2 is 1.57 bits per heavy atom. The van der Waals surface area contributed by atoms with Gasteiger partial charge in [-0.2, -0.15) is 0 Å². The third kappa shape index (κ3) is 2.95. The molecule has 0 amide bonds. The molecule has 3 fully saturated rings. The normalized spacial score (nSPS) is 43.1. The minimum Gasteiger partial charge on any atom is -0.366 e. The summed E-state index contributed by atoms with van der Waals surface area (Å²) in [5, 5.41) is 0. The summed E-state index contributed by atoms with van der Waals surface area (Å²) in [6.07, 6.45) is 3.58. The van der Waals surface area contributed by atoms with Crippen LogP contribution >= 0.6 is 0 Å². The zero-order valence-electron chi connectivity index (χ0n) is 12.8. The molecule has 118 valence electrons. The van der Waals surface area contributed by atoms with Gasteiger partial charge in [0.2, 0.25) is 0 Å². The summed E-state index contributed by atoms with van der Waals surface area (Å²) in [6.45, 7) is 8.03. The van der Waals surface area contributed by atoms with Gasteiger partial charge in [-0.1, -0.05) is 5.92 Å². The van der Waals surface area contributed by atoms with Gasteiger partial charge in [-0.05, 0) is 27.7 Å². The lowest BCUT2D eigenvalue weighted by Crippen LogP contribution is -2.56. The Bertz CT molecular complexity index is 440. The highest BCUT2D eigenvalue weighted by atomic mass is 16.9. The number of terminal acetylenes is 1.